The van der Waals surface area contributed by atoms with Crippen molar-refractivity contribution in [3.05, 3.63) is 18.3 Å². The summed E-state index contributed by atoms with van der Waals surface area (Å²) in [7, 11) is -3.22. The smallest absolute Gasteiger partial charge is 0.192 e. The SMILES string of the molecule is CC(C)CN1CCC(Nc2ccc(S(C)(=O)=O)nc2)CC1. The molecule has 2 heterocycles. The Morgan fingerprint density at radius 3 is 2.48 bits per heavy atom. The molecule has 0 radical (unpaired) electrons. The highest BCUT2D eigenvalue weighted by Gasteiger charge is 2.19. The van der Waals surface area contributed by atoms with Crippen molar-refractivity contribution in [1.29, 1.82) is 0 Å². The third-order valence-corrected chi connectivity index (χ3v) is 4.70. The third-order valence-electron chi connectivity index (χ3n) is 3.70. The average molecular weight is 311 g/mol. The molecule has 0 aliphatic carbocycles. The highest BCUT2D eigenvalue weighted by molar-refractivity contribution is 7.90. The van der Waals surface area contributed by atoms with Gasteiger partial charge in [-0.25, -0.2) is 13.4 Å². The van der Waals surface area contributed by atoms with Crippen molar-refractivity contribution >= 4 is 15.5 Å². The summed E-state index contributed by atoms with van der Waals surface area (Å²) in [4.78, 5) is 6.52. The van der Waals surface area contributed by atoms with Crippen LogP contribution in [0.1, 0.15) is 26.7 Å². The van der Waals surface area contributed by atoms with Gasteiger partial charge < -0.3 is 10.2 Å². The Labute approximate surface area is 127 Å². The van der Waals surface area contributed by atoms with E-state index in [9.17, 15) is 8.42 Å². The summed E-state index contributed by atoms with van der Waals surface area (Å²) < 4.78 is 22.7. The maximum Gasteiger partial charge on any atom is 0.192 e. The van der Waals surface area contributed by atoms with Gasteiger partial charge in [0, 0.05) is 31.9 Å². The molecule has 1 aromatic rings. The fourth-order valence-corrected chi connectivity index (χ4v) is 3.26. The van der Waals surface area contributed by atoms with Gasteiger partial charge in [-0.1, -0.05) is 13.8 Å². The van der Waals surface area contributed by atoms with Crippen LogP contribution in [0.15, 0.2) is 23.4 Å². The molecule has 5 nitrogen and oxygen atoms in total. The van der Waals surface area contributed by atoms with Crippen molar-refractivity contribution in [3.63, 3.8) is 0 Å². The quantitative estimate of drug-likeness (QED) is 0.901. The summed E-state index contributed by atoms with van der Waals surface area (Å²) in [6.07, 6.45) is 5.00. The van der Waals surface area contributed by atoms with Crippen LogP contribution in [0.3, 0.4) is 0 Å². The van der Waals surface area contributed by atoms with Gasteiger partial charge in [0.1, 0.15) is 0 Å². The van der Waals surface area contributed by atoms with E-state index < -0.39 is 9.84 Å². The van der Waals surface area contributed by atoms with Crippen molar-refractivity contribution in [2.45, 2.75) is 37.8 Å². The molecule has 1 fully saturated rings. The number of hydrogen-bond acceptors (Lipinski definition) is 5. The molecule has 6 heteroatoms. The lowest BCUT2D eigenvalue weighted by Gasteiger charge is -2.33. The van der Waals surface area contributed by atoms with Crippen LogP contribution >= 0.6 is 0 Å². The molecule has 118 valence electrons. The van der Waals surface area contributed by atoms with E-state index in [2.05, 4.69) is 29.0 Å². The van der Waals surface area contributed by atoms with Crippen molar-refractivity contribution in [1.82, 2.24) is 9.88 Å². The second-order valence-corrected chi connectivity index (χ2v) is 8.23. The number of sulfone groups is 1. The Bertz CT molecular complexity index is 547. The summed E-state index contributed by atoms with van der Waals surface area (Å²) in [5.41, 5.74) is 0.893. The Morgan fingerprint density at radius 2 is 2.00 bits per heavy atom. The molecular formula is C15H25N3O2S. The Balaban J connectivity index is 1.86. The molecule has 1 N–H and O–H groups in total. The summed E-state index contributed by atoms with van der Waals surface area (Å²) in [6, 6.07) is 3.80. The van der Waals surface area contributed by atoms with E-state index in [4.69, 9.17) is 0 Å². The van der Waals surface area contributed by atoms with E-state index in [1.54, 1.807) is 18.3 Å². The van der Waals surface area contributed by atoms with Gasteiger partial charge in [-0.3, -0.25) is 0 Å². The van der Waals surface area contributed by atoms with Crippen LogP contribution in [-0.4, -0.2) is 50.2 Å². The zero-order valence-electron chi connectivity index (χ0n) is 13.0. The maximum absolute atomic E-state index is 11.4. The molecule has 0 aromatic carbocycles. The lowest BCUT2D eigenvalue weighted by molar-refractivity contribution is 0.198. The van der Waals surface area contributed by atoms with Crippen molar-refractivity contribution in [3.8, 4) is 0 Å². The van der Waals surface area contributed by atoms with Crippen LogP contribution in [0.4, 0.5) is 5.69 Å². The number of pyridine rings is 1. The van der Waals surface area contributed by atoms with E-state index in [0.717, 1.165) is 38.2 Å². The first-order chi connectivity index (χ1) is 9.84. The molecule has 21 heavy (non-hydrogen) atoms. The number of piperidine rings is 1. The van der Waals surface area contributed by atoms with E-state index in [1.807, 2.05) is 0 Å². The van der Waals surface area contributed by atoms with Gasteiger partial charge in [-0.05, 0) is 30.9 Å². The van der Waals surface area contributed by atoms with Crippen molar-refractivity contribution in [2.75, 3.05) is 31.2 Å². The van der Waals surface area contributed by atoms with Gasteiger partial charge in [-0.2, -0.15) is 0 Å². The van der Waals surface area contributed by atoms with Crippen LogP contribution in [0.2, 0.25) is 0 Å². The maximum atomic E-state index is 11.4. The molecule has 0 saturated carbocycles. The first-order valence-corrected chi connectivity index (χ1v) is 9.39. The van der Waals surface area contributed by atoms with Gasteiger partial charge in [0.05, 0.1) is 11.9 Å². The minimum Gasteiger partial charge on any atom is -0.381 e. The average Bonchev–Trinajstić information content (AvgIpc) is 2.40. The Kier molecular flexibility index (Phi) is 5.22. The van der Waals surface area contributed by atoms with E-state index >= 15 is 0 Å². The van der Waals surface area contributed by atoms with Crippen LogP contribution in [0, 0.1) is 5.92 Å². The van der Waals surface area contributed by atoms with E-state index in [-0.39, 0.29) is 5.03 Å². The fourth-order valence-electron chi connectivity index (χ4n) is 2.70. The lowest BCUT2D eigenvalue weighted by Crippen LogP contribution is -2.40. The number of rotatable bonds is 5. The number of aromatic nitrogens is 1. The molecule has 1 aliphatic rings. The number of hydrogen-bond donors (Lipinski definition) is 1. The van der Waals surface area contributed by atoms with Gasteiger partial charge in [0.25, 0.3) is 0 Å². The van der Waals surface area contributed by atoms with Gasteiger partial charge >= 0.3 is 0 Å². The fraction of sp³-hybridized carbons (Fsp3) is 0.667. The molecule has 0 bridgehead atoms. The second kappa shape index (κ2) is 6.75. The zero-order valence-corrected chi connectivity index (χ0v) is 13.9. The van der Waals surface area contributed by atoms with Crippen LogP contribution < -0.4 is 5.32 Å². The first-order valence-electron chi connectivity index (χ1n) is 7.49. The Hall–Kier alpha value is -1.14. The zero-order chi connectivity index (χ0) is 15.5. The third kappa shape index (κ3) is 4.97. The van der Waals surface area contributed by atoms with Crippen molar-refractivity contribution in [2.24, 2.45) is 5.92 Å². The molecule has 0 unspecified atom stereocenters. The normalized spacial score (nSPS) is 18.1. The minimum atomic E-state index is -3.22. The predicted octanol–water partition coefficient (Wildman–Crippen LogP) is 2.02. The molecule has 2 rings (SSSR count). The molecule has 1 saturated heterocycles. The lowest BCUT2D eigenvalue weighted by atomic mass is 10.0. The van der Waals surface area contributed by atoms with Gasteiger partial charge in [0.2, 0.25) is 0 Å². The standard InChI is InChI=1S/C15H25N3O2S/c1-12(2)11-18-8-6-13(7-9-18)17-14-4-5-15(16-10-14)21(3,19)20/h4-5,10,12-13,17H,6-9,11H2,1-3H3. The first kappa shape index (κ1) is 16.2. The minimum absolute atomic E-state index is 0.125. The van der Waals surface area contributed by atoms with Crippen LogP contribution in [0.25, 0.3) is 0 Å². The summed E-state index contributed by atoms with van der Waals surface area (Å²) in [5, 5.41) is 3.57. The monoisotopic (exact) mass is 311 g/mol. The molecule has 0 amide bonds. The highest BCUT2D eigenvalue weighted by atomic mass is 32.2. The van der Waals surface area contributed by atoms with Gasteiger partial charge in [-0.15, -0.1) is 0 Å². The molecule has 1 aromatic heterocycles. The molecule has 0 atom stereocenters. The van der Waals surface area contributed by atoms with Gasteiger partial charge in [0.15, 0.2) is 14.9 Å². The molecule has 1 aliphatic heterocycles. The van der Waals surface area contributed by atoms with E-state index in [0.29, 0.717) is 12.0 Å². The second-order valence-electron chi connectivity index (χ2n) is 6.27. The number of nitrogens with zero attached hydrogens (tertiary/aromatic N) is 2. The summed E-state index contributed by atoms with van der Waals surface area (Å²) >= 11 is 0. The molecular weight excluding hydrogens is 286 g/mol. The number of nitrogens with one attached hydrogen (secondary N) is 1. The number of likely N-dealkylation sites (tertiary alicyclic amines) is 1. The van der Waals surface area contributed by atoms with Crippen LogP contribution in [-0.2, 0) is 9.84 Å². The Morgan fingerprint density at radius 1 is 1.33 bits per heavy atom. The summed E-state index contributed by atoms with van der Waals surface area (Å²) in [6.45, 7) is 7.89. The summed E-state index contributed by atoms with van der Waals surface area (Å²) in [5.74, 6) is 0.710. The van der Waals surface area contributed by atoms with Crippen LogP contribution in [0.5, 0.6) is 0 Å². The van der Waals surface area contributed by atoms with Crippen molar-refractivity contribution < 1.29 is 8.42 Å². The predicted molar refractivity (Wildman–Crippen MR) is 85.3 cm³/mol. The topological polar surface area (TPSA) is 62.3 Å². The van der Waals surface area contributed by atoms with E-state index in [1.165, 1.54) is 6.26 Å². The number of anilines is 1. The largest absolute Gasteiger partial charge is 0.381 e. The highest BCUT2D eigenvalue weighted by Crippen LogP contribution is 2.18. The molecule has 0 spiro atoms.